The Morgan fingerprint density at radius 2 is 2.12 bits per heavy atom. The third-order valence-corrected chi connectivity index (χ3v) is 6.05. The smallest absolute Gasteiger partial charge is 0.261 e. The van der Waals surface area contributed by atoms with Crippen molar-refractivity contribution in [3.05, 3.63) is 44.0 Å². The number of hydrogen-bond donors (Lipinski definition) is 2. The first-order valence-electron chi connectivity index (χ1n) is 8.37. The summed E-state index contributed by atoms with van der Waals surface area (Å²) in [6, 6.07) is 6.17. The number of nitrogens with zero attached hydrogens (tertiary/aromatic N) is 2. The first-order chi connectivity index (χ1) is 12.1. The highest BCUT2D eigenvalue weighted by Crippen LogP contribution is 2.36. The maximum Gasteiger partial charge on any atom is 0.261 e. The van der Waals surface area contributed by atoms with Crippen LogP contribution in [0.4, 0.5) is 5.95 Å². The normalized spacial score (nSPS) is 15.5. The van der Waals surface area contributed by atoms with Crippen LogP contribution in [-0.4, -0.2) is 36.1 Å². The number of benzene rings is 1. The van der Waals surface area contributed by atoms with Crippen molar-refractivity contribution in [2.75, 3.05) is 31.1 Å². The third-order valence-electron chi connectivity index (χ3n) is 4.48. The molecule has 0 atom stereocenters. The predicted molar refractivity (Wildman–Crippen MR) is 108 cm³/mol. The highest BCUT2D eigenvalue weighted by atomic mass is 79.9. The molecule has 0 amide bonds. The molecule has 0 aliphatic carbocycles. The molecule has 4 rings (SSSR count). The van der Waals surface area contributed by atoms with Crippen molar-refractivity contribution in [1.29, 1.82) is 0 Å². The zero-order chi connectivity index (χ0) is 17.4. The zero-order valence-electron chi connectivity index (χ0n) is 13.9. The maximum absolute atomic E-state index is 12.8. The van der Waals surface area contributed by atoms with Crippen LogP contribution in [0.1, 0.15) is 12.0 Å². The molecule has 0 spiro atoms. The summed E-state index contributed by atoms with van der Waals surface area (Å²) in [5, 5.41) is 6.07. The van der Waals surface area contributed by atoms with E-state index < -0.39 is 0 Å². The van der Waals surface area contributed by atoms with Crippen molar-refractivity contribution in [2.24, 2.45) is 0 Å². The van der Waals surface area contributed by atoms with E-state index in [0.717, 1.165) is 58.6 Å². The molecule has 3 aromatic rings. The van der Waals surface area contributed by atoms with Crippen LogP contribution in [0.15, 0.2) is 32.8 Å². The minimum Gasteiger partial charge on any atom is -0.341 e. The van der Waals surface area contributed by atoms with Gasteiger partial charge in [-0.2, -0.15) is 0 Å². The minimum atomic E-state index is -0.0677. The number of aromatic amines is 1. The number of aromatic nitrogens is 2. The quantitative estimate of drug-likeness (QED) is 0.668. The number of H-pyrrole nitrogens is 1. The van der Waals surface area contributed by atoms with Gasteiger partial charge in [0.05, 0.1) is 5.39 Å². The summed E-state index contributed by atoms with van der Waals surface area (Å²) in [4.78, 5) is 23.5. The van der Waals surface area contributed by atoms with Crippen molar-refractivity contribution >= 4 is 43.4 Å². The van der Waals surface area contributed by atoms with Gasteiger partial charge in [0, 0.05) is 35.1 Å². The van der Waals surface area contributed by atoms with E-state index in [1.165, 1.54) is 11.3 Å². The van der Waals surface area contributed by atoms with Gasteiger partial charge in [-0.3, -0.25) is 9.78 Å². The van der Waals surface area contributed by atoms with E-state index in [0.29, 0.717) is 11.3 Å². The molecule has 130 valence electrons. The van der Waals surface area contributed by atoms with E-state index in [4.69, 9.17) is 4.98 Å². The molecule has 0 bridgehead atoms. The molecule has 1 fully saturated rings. The number of hydrogen-bond acceptors (Lipinski definition) is 5. The van der Waals surface area contributed by atoms with E-state index in [2.05, 4.69) is 50.2 Å². The molecule has 25 heavy (non-hydrogen) atoms. The monoisotopic (exact) mass is 418 g/mol. The molecule has 0 saturated carbocycles. The number of anilines is 1. The number of aryl methyl sites for hydroxylation is 1. The van der Waals surface area contributed by atoms with Gasteiger partial charge < -0.3 is 10.2 Å². The fraction of sp³-hybridized carbons (Fsp3) is 0.333. The van der Waals surface area contributed by atoms with Crippen LogP contribution in [0.25, 0.3) is 21.3 Å². The lowest BCUT2D eigenvalue weighted by atomic mass is 10.0. The van der Waals surface area contributed by atoms with Gasteiger partial charge in [0.2, 0.25) is 5.95 Å². The Morgan fingerprint density at radius 1 is 1.24 bits per heavy atom. The van der Waals surface area contributed by atoms with E-state index in [-0.39, 0.29) is 5.56 Å². The standard InChI is InChI=1S/C18H19BrN4OS/c1-11-3-4-14(19)12(9-11)13-10-25-17-15(13)16(24)21-18(22-17)23-7-2-5-20-6-8-23/h3-4,9-10,20H,2,5-8H2,1H3,(H,21,22,24). The fourth-order valence-corrected chi connectivity index (χ4v) is 4.58. The Balaban J connectivity index is 1.82. The van der Waals surface area contributed by atoms with Gasteiger partial charge in [0.25, 0.3) is 5.56 Å². The third kappa shape index (κ3) is 3.23. The molecule has 2 N–H and O–H groups in total. The number of thiophene rings is 1. The van der Waals surface area contributed by atoms with Gasteiger partial charge in [-0.1, -0.05) is 33.6 Å². The molecule has 2 aromatic heterocycles. The molecule has 5 nitrogen and oxygen atoms in total. The molecule has 1 aliphatic rings. The second-order valence-electron chi connectivity index (χ2n) is 6.29. The zero-order valence-corrected chi connectivity index (χ0v) is 16.3. The van der Waals surface area contributed by atoms with Gasteiger partial charge in [0.15, 0.2) is 0 Å². The molecular formula is C18H19BrN4OS. The van der Waals surface area contributed by atoms with Crippen LogP contribution in [-0.2, 0) is 0 Å². The molecule has 0 radical (unpaired) electrons. The summed E-state index contributed by atoms with van der Waals surface area (Å²) >= 11 is 5.13. The van der Waals surface area contributed by atoms with Crippen LogP contribution in [0.5, 0.6) is 0 Å². The Bertz CT molecular complexity index is 973. The van der Waals surface area contributed by atoms with E-state index in [1.54, 1.807) is 0 Å². The van der Waals surface area contributed by atoms with Gasteiger partial charge >= 0.3 is 0 Å². The summed E-state index contributed by atoms with van der Waals surface area (Å²) < 4.78 is 0.986. The Labute approximate surface area is 158 Å². The van der Waals surface area contributed by atoms with Crippen LogP contribution in [0.2, 0.25) is 0 Å². The van der Waals surface area contributed by atoms with Crippen molar-refractivity contribution in [2.45, 2.75) is 13.3 Å². The molecule has 0 unspecified atom stereocenters. The number of rotatable bonds is 2. The predicted octanol–water partition coefficient (Wildman–Crippen LogP) is 3.52. The SMILES string of the molecule is Cc1ccc(Br)c(-c2csc3nc(N4CCCNCC4)[nH]c(=O)c23)c1. The second kappa shape index (κ2) is 6.90. The summed E-state index contributed by atoms with van der Waals surface area (Å²) in [5.41, 5.74) is 3.07. The molecular weight excluding hydrogens is 400 g/mol. The highest BCUT2D eigenvalue weighted by molar-refractivity contribution is 9.10. The molecule has 1 aromatic carbocycles. The summed E-state index contributed by atoms with van der Waals surface area (Å²) in [6.07, 6.45) is 1.05. The van der Waals surface area contributed by atoms with Crippen LogP contribution in [0, 0.1) is 6.92 Å². The van der Waals surface area contributed by atoms with E-state index in [9.17, 15) is 4.79 Å². The number of fused-ring (bicyclic) bond motifs is 1. The molecule has 1 saturated heterocycles. The first-order valence-corrected chi connectivity index (χ1v) is 10.0. The minimum absolute atomic E-state index is 0.0677. The fourth-order valence-electron chi connectivity index (χ4n) is 3.19. The van der Waals surface area contributed by atoms with Gasteiger partial charge in [-0.25, -0.2) is 4.98 Å². The van der Waals surface area contributed by atoms with Gasteiger partial charge in [0.1, 0.15) is 4.83 Å². The maximum atomic E-state index is 12.8. The first kappa shape index (κ1) is 16.8. The Morgan fingerprint density at radius 3 is 3.00 bits per heavy atom. The molecule has 7 heteroatoms. The van der Waals surface area contributed by atoms with Crippen molar-refractivity contribution in [3.63, 3.8) is 0 Å². The number of nitrogens with one attached hydrogen (secondary N) is 2. The van der Waals surface area contributed by atoms with E-state index in [1.807, 2.05) is 11.4 Å². The topological polar surface area (TPSA) is 61.0 Å². The lowest BCUT2D eigenvalue weighted by Crippen LogP contribution is -2.31. The Kier molecular flexibility index (Phi) is 4.62. The average Bonchev–Trinajstić information content (AvgIpc) is 2.84. The summed E-state index contributed by atoms with van der Waals surface area (Å²) in [6.45, 7) is 5.73. The van der Waals surface area contributed by atoms with Crippen LogP contribution in [0.3, 0.4) is 0 Å². The van der Waals surface area contributed by atoms with Gasteiger partial charge in [-0.15, -0.1) is 11.3 Å². The lowest BCUT2D eigenvalue weighted by molar-refractivity contribution is 0.724. The number of halogens is 1. The average molecular weight is 419 g/mol. The molecule has 3 heterocycles. The summed E-state index contributed by atoms with van der Waals surface area (Å²) in [5.74, 6) is 0.679. The Hall–Kier alpha value is -1.70. The van der Waals surface area contributed by atoms with Crippen LogP contribution >= 0.6 is 27.3 Å². The van der Waals surface area contributed by atoms with Gasteiger partial charge in [-0.05, 0) is 31.5 Å². The largest absolute Gasteiger partial charge is 0.341 e. The van der Waals surface area contributed by atoms with E-state index >= 15 is 0 Å². The molecule has 1 aliphatic heterocycles. The van der Waals surface area contributed by atoms with Crippen molar-refractivity contribution in [1.82, 2.24) is 15.3 Å². The lowest BCUT2D eigenvalue weighted by Gasteiger charge is -2.20. The van der Waals surface area contributed by atoms with Crippen molar-refractivity contribution < 1.29 is 0 Å². The van der Waals surface area contributed by atoms with Crippen molar-refractivity contribution in [3.8, 4) is 11.1 Å². The van der Waals surface area contributed by atoms with Crippen LogP contribution < -0.4 is 15.8 Å². The highest BCUT2D eigenvalue weighted by Gasteiger charge is 2.18. The summed E-state index contributed by atoms with van der Waals surface area (Å²) in [7, 11) is 0. The second-order valence-corrected chi connectivity index (χ2v) is 8.01.